The van der Waals surface area contributed by atoms with Gasteiger partial charge in [-0.1, -0.05) is 53.5 Å². The minimum Gasteiger partial charge on any atom is -0.313 e. The fraction of sp³-hybridized carbons (Fsp3) is 0.200. The van der Waals surface area contributed by atoms with E-state index in [1.54, 1.807) is 17.8 Å². The van der Waals surface area contributed by atoms with Crippen LogP contribution in [0.4, 0.5) is 0 Å². The molecule has 0 aromatic heterocycles. The lowest BCUT2D eigenvalue weighted by Crippen LogP contribution is -2.12. The Morgan fingerprint density at radius 2 is 1.65 bits per heavy atom. The minimum atomic E-state index is 0.680. The zero-order valence-corrected chi connectivity index (χ0v) is 14.0. The second-order valence-electron chi connectivity index (χ2n) is 4.21. The summed E-state index contributed by atoms with van der Waals surface area (Å²) in [4.78, 5) is 2.07. The van der Waals surface area contributed by atoms with E-state index in [2.05, 4.69) is 12.2 Å². The minimum absolute atomic E-state index is 0.680. The van der Waals surface area contributed by atoms with Crippen LogP contribution in [0.3, 0.4) is 0 Å². The summed E-state index contributed by atoms with van der Waals surface area (Å²) in [5.74, 6) is 0. The first-order valence-corrected chi connectivity index (χ1v) is 8.17. The Balaban J connectivity index is 2.30. The zero-order chi connectivity index (χ0) is 14.5. The molecule has 0 aliphatic rings. The maximum absolute atomic E-state index is 6.21. The molecule has 0 atom stereocenters. The Morgan fingerprint density at radius 1 is 0.950 bits per heavy atom. The number of hydrogen-bond donors (Lipinski definition) is 1. The van der Waals surface area contributed by atoms with E-state index in [0.717, 1.165) is 33.5 Å². The predicted octanol–water partition coefficient (Wildman–Crippen LogP) is 5.91. The van der Waals surface area contributed by atoms with Crippen molar-refractivity contribution < 1.29 is 0 Å². The fourth-order valence-electron chi connectivity index (χ4n) is 1.72. The Hall–Kier alpha value is -0.380. The molecule has 0 bridgehead atoms. The summed E-state index contributed by atoms with van der Waals surface area (Å²) in [5, 5.41) is 5.43. The van der Waals surface area contributed by atoms with E-state index >= 15 is 0 Å². The first kappa shape index (κ1) is 16.0. The Bertz CT molecular complexity index is 602. The summed E-state index contributed by atoms with van der Waals surface area (Å²) in [6, 6.07) is 11.3. The third-order valence-corrected chi connectivity index (χ3v) is 4.79. The molecule has 0 unspecified atom stereocenters. The van der Waals surface area contributed by atoms with Crippen LogP contribution in [0.25, 0.3) is 0 Å². The first-order valence-electron chi connectivity index (χ1n) is 6.22. The monoisotopic (exact) mass is 345 g/mol. The number of hydrogen-bond acceptors (Lipinski definition) is 2. The predicted molar refractivity (Wildman–Crippen MR) is 89.4 cm³/mol. The average molecular weight is 347 g/mol. The normalized spacial score (nSPS) is 10.8. The molecule has 0 fully saturated rings. The number of benzene rings is 2. The highest BCUT2D eigenvalue weighted by Crippen LogP contribution is 2.37. The molecule has 106 valence electrons. The summed E-state index contributed by atoms with van der Waals surface area (Å²) in [6.07, 6.45) is 0. The van der Waals surface area contributed by atoms with Gasteiger partial charge < -0.3 is 5.32 Å². The van der Waals surface area contributed by atoms with Gasteiger partial charge in [-0.05, 0) is 48.5 Å². The first-order chi connectivity index (χ1) is 9.60. The summed E-state index contributed by atoms with van der Waals surface area (Å²) < 4.78 is 0. The third kappa shape index (κ3) is 4.31. The second kappa shape index (κ2) is 7.58. The van der Waals surface area contributed by atoms with Crippen molar-refractivity contribution in [1.82, 2.24) is 5.32 Å². The van der Waals surface area contributed by atoms with E-state index in [-0.39, 0.29) is 0 Å². The van der Waals surface area contributed by atoms with Crippen molar-refractivity contribution in [3.63, 3.8) is 0 Å². The molecule has 5 heteroatoms. The van der Waals surface area contributed by atoms with Gasteiger partial charge in [0.15, 0.2) is 0 Å². The standard InChI is InChI=1S/C15H14Cl3NS/c1-2-19-9-10-7-11(16)4-6-14(10)20-15-8-12(17)3-5-13(15)18/h3-8,19H,2,9H2,1H3. The maximum Gasteiger partial charge on any atom is 0.0546 e. The highest BCUT2D eigenvalue weighted by molar-refractivity contribution is 7.99. The van der Waals surface area contributed by atoms with Crippen molar-refractivity contribution in [2.45, 2.75) is 23.3 Å². The van der Waals surface area contributed by atoms with Gasteiger partial charge in [0.05, 0.1) is 5.02 Å². The molecule has 2 aromatic carbocycles. The molecule has 0 amide bonds. The van der Waals surface area contributed by atoms with E-state index in [9.17, 15) is 0 Å². The van der Waals surface area contributed by atoms with Crippen molar-refractivity contribution in [3.05, 3.63) is 57.0 Å². The zero-order valence-electron chi connectivity index (χ0n) is 10.9. The Morgan fingerprint density at radius 3 is 2.40 bits per heavy atom. The second-order valence-corrected chi connectivity index (χ2v) is 6.57. The van der Waals surface area contributed by atoms with E-state index in [1.807, 2.05) is 30.3 Å². The maximum atomic E-state index is 6.21. The van der Waals surface area contributed by atoms with Crippen LogP contribution in [0.15, 0.2) is 46.2 Å². The molecule has 0 aliphatic carbocycles. The van der Waals surface area contributed by atoms with Crippen molar-refractivity contribution in [3.8, 4) is 0 Å². The van der Waals surface area contributed by atoms with Crippen LogP contribution in [-0.2, 0) is 6.54 Å². The van der Waals surface area contributed by atoms with E-state index < -0.39 is 0 Å². The summed E-state index contributed by atoms with van der Waals surface area (Å²) in [7, 11) is 0. The molecule has 0 heterocycles. The van der Waals surface area contributed by atoms with Gasteiger partial charge >= 0.3 is 0 Å². The Labute approximate surface area is 138 Å². The van der Waals surface area contributed by atoms with Crippen molar-refractivity contribution in [1.29, 1.82) is 0 Å². The van der Waals surface area contributed by atoms with Crippen molar-refractivity contribution >= 4 is 46.6 Å². The lowest BCUT2D eigenvalue weighted by atomic mass is 10.2. The van der Waals surface area contributed by atoms with Gasteiger partial charge in [-0.15, -0.1) is 0 Å². The molecule has 0 saturated carbocycles. The van der Waals surface area contributed by atoms with Crippen molar-refractivity contribution in [2.24, 2.45) is 0 Å². The highest BCUT2D eigenvalue weighted by atomic mass is 35.5. The number of rotatable bonds is 5. The molecule has 2 aromatic rings. The van der Waals surface area contributed by atoms with Gasteiger partial charge in [0, 0.05) is 26.4 Å². The van der Waals surface area contributed by atoms with Gasteiger partial charge in [0.1, 0.15) is 0 Å². The van der Waals surface area contributed by atoms with E-state index in [1.165, 1.54) is 0 Å². The molecular formula is C15H14Cl3NS. The van der Waals surface area contributed by atoms with Gasteiger partial charge in [-0.25, -0.2) is 0 Å². The molecule has 0 spiro atoms. The van der Waals surface area contributed by atoms with Crippen LogP contribution < -0.4 is 5.32 Å². The van der Waals surface area contributed by atoms with Crippen LogP contribution in [0.2, 0.25) is 15.1 Å². The molecule has 0 saturated heterocycles. The lowest BCUT2D eigenvalue weighted by molar-refractivity contribution is 0.718. The van der Waals surface area contributed by atoms with Crippen LogP contribution in [0.1, 0.15) is 12.5 Å². The van der Waals surface area contributed by atoms with Crippen LogP contribution in [0.5, 0.6) is 0 Å². The smallest absolute Gasteiger partial charge is 0.0546 e. The molecule has 0 aliphatic heterocycles. The number of nitrogens with one attached hydrogen (secondary N) is 1. The fourth-order valence-corrected chi connectivity index (χ4v) is 3.37. The molecule has 1 nitrogen and oxygen atoms in total. The number of halogens is 3. The summed E-state index contributed by atoms with van der Waals surface area (Å²) >= 11 is 19.9. The summed E-state index contributed by atoms with van der Waals surface area (Å²) in [5.41, 5.74) is 1.15. The third-order valence-electron chi connectivity index (χ3n) is 2.70. The SMILES string of the molecule is CCNCc1cc(Cl)ccc1Sc1cc(Cl)ccc1Cl. The largest absolute Gasteiger partial charge is 0.313 e. The van der Waals surface area contributed by atoms with Crippen LogP contribution in [-0.4, -0.2) is 6.54 Å². The molecule has 2 rings (SSSR count). The topological polar surface area (TPSA) is 12.0 Å². The highest BCUT2D eigenvalue weighted by Gasteiger charge is 2.08. The summed E-state index contributed by atoms with van der Waals surface area (Å²) in [6.45, 7) is 3.76. The molecular weight excluding hydrogens is 333 g/mol. The van der Waals surface area contributed by atoms with E-state index in [4.69, 9.17) is 34.8 Å². The van der Waals surface area contributed by atoms with Gasteiger partial charge in [0.25, 0.3) is 0 Å². The van der Waals surface area contributed by atoms with Crippen LogP contribution >= 0.6 is 46.6 Å². The lowest BCUT2D eigenvalue weighted by Gasteiger charge is -2.11. The van der Waals surface area contributed by atoms with Gasteiger partial charge in [-0.3, -0.25) is 0 Å². The molecule has 20 heavy (non-hydrogen) atoms. The Kier molecular flexibility index (Phi) is 6.06. The van der Waals surface area contributed by atoms with Gasteiger partial charge in [0.2, 0.25) is 0 Å². The van der Waals surface area contributed by atoms with Crippen molar-refractivity contribution in [2.75, 3.05) is 6.54 Å². The quantitative estimate of drug-likeness (QED) is 0.722. The average Bonchev–Trinajstić information content (AvgIpc) is 2.43. The van der Waals surface area contributed by atoms with Gasteiger partial charge in [-0.2, -0.15) is 0 Å². The van der Waals surface area contributed by atoms with Crippen LogP contribution in [0, 0.1) is 0 Å². The molecule has 0 radical (unpaired) electrons. The molecule has 1 N–H and O–H groups in total. The van der Waals surface area contributed by atoms with E-state index in [0.29, 0.717) is 10.0 Å².